The molecule has 0 saturated carbocycles. The Kier molecular flexibility index (Phi) is 4.26. The summed E-state index contributed by atoms with van der Waals surface area (Å²) < 4.78 is 14.8. The fourth-order valence-electron chi connectivity index (χ4n) is 3.07. The van der Waals surface area contributed by atoms with E-state index in [1.54, 1.807) is 35.5 Å². The molecular weight excluding hydrogens is 347 g/mol. The van der Waals surface area contributed by atoms with Crippen LogP contribution in [0.15, 0.2) is 48.9 Å². The number of amides is 2. The first kappa shape index (κ1) is 16.7. The van der Waals surface area contributed by atoms with E-state index in [9.17, 15) is 9.18 Å². The Labute approximate surface area is 154 Å². The summed E-state index contributed by atoms with van der Waals surface area (Å²) in [5.74, 6) is 0.139. The van der Waals surface area contributed by atoms with Crippen molar-refractivity contribution >= 4 is 11.7 Å². The largest absolute Gasteiger partial charge is 0.322 e. The number of fused-ring (bicyclic) bond motifs is 1. The zero-order valence-corrected chi connectivity index (χ0v) is 14.3. The molecule has 134 valence electrons. The van der Waals surface area contributed by atoms with Crippen LogP contribution >= 0.6 is 0 Å². The first-order chi connectivity index (χ1) is 13.1. The normalized spacial score (nSPS) is 13.0. The molecule has 0 unspecified atom stereocenters. The number of carbonyl (C=O) groups excluding carboxylic acids is 1. The van der Waals surface area contributed by atoms with Crippen molar-refractivity contribution in [1.82, 2.24) is 19.7 Å². The molecule has 0 bridgehead atoms. The topological polar surface area (TPSA) is 86.8 Å². The van der Waals surface area contributed by atoms with Crippen molar-refractivity contribution in [2.75, 3.05) is 11.9 Å². The number of hydrogen-bond donors (Lipinski definition) is 1. The third kappa shape index (κ3) is 3.35. The number of nitriles is 1. The molecule has 1 aliphatic heterocycles. The van der Waals surface area contributed by atoms with E-state index in [2.05, 4.69) is 21.5 Å². The number of rotatable bonds is 2. The lowest BCUT2D eigenvalue weighted by Crippen LogP contribution is -2.38. The maximum atomic E-state index is 13.3. The predicted octanol–water partition coefficient (Wildman–Crippen LogP) is 2.87. The highest BCUT2D eigenvalue weighted by molar-refractivity contribution is 5.89. The van der Waals surface area contributed by atoms with Crippen LogP contribution < -0.4 is 5.32 Å². The number of pyridine rings is 1. The highest BCUT2D eigenvalue weighted by Gasteiger charge is 2.21. The molecule has 0 atom stereocenters. The van der Waals surface area contributed by atoms with Crippen molar-refractivity contribution in [2.24, 2.45) is 0 Å². The maximum Gasteiger partial charge on any atom is 0.322 e. The smallest absolute Gasteiger partial charge is 0.320 e. The van der Waals surface area contributed by atoms with Crippen molar-refractivity contribution in [3.63, 3.8) is 0 Å². The van der Waals surface area contributed by atoms with Gasteiger partial charge in [-0.15, -0.1) is 0 Å². The van der Waals surface area contributed by atoms with Gasteiger partial charge in [0.05, 0.1) is 23.6 Å². The summed E-state index contributed by atoms with van der Waals surface area (Å²) in [5.41, 5.74) is 2.77. The van der Waals surface area contributed by atoms with Gasteiger partial charge in [-0.05, 0) is 41.8 Å². The van der Waals surface area contributed by atoms with E-state index >= 15 is 0 Å². The van der Waals surface area contributed by atoms with Crippen LogP contribution in [0.1, 0.15) is 16.7 Å². The zero-order valence-electron chi connectivity index (χ0n) is 14.3. The summed E-state index contributed by atoms with van der Waals surface area (Å²) in [6.07, 6.45) is 5.29. The van der Waals surface area contributed by atoms with E-state index < -0.39 is 0 Å². The van der Waals surface area contributed by atoms with E-state index in [1.165, 1.54) is 23.0 Å². The van der Waals surface area contributed by atoms with Crippen LogP contribution in [0.5, 0.6) is 0 Å². The predicted molar refractivity (Wildman–Crippen MR) is 95.6 cm³/mol. The third-order valence-corrected chi connectivity index (χ3v) is 4.43. The average molecular weight is 362 g/mol. The molecule has 0 fully saturated rings. The average Bonchev–Trinajstić information content (AvgIpc) is 3.15. The summed E-state index contributed by atoms with van der Waals surface area (Å²) in [5, 5.41) is 16.1. The van der Waals surface area contributed by atoms with Crippen molar-refractivity contribution < 1.29 is 9.18 Å². The van der Waals surface area contributed by atoms with Crippen molar-refractivity contribution in [3.05, 3.63) is 71.4 Å². The fraction of sp³-hybridized carbons (Fsp3) is 0.158. The van der Waals surface area contributed by atoms with Crippen molar-refractivity contribution in [3.8, 4) is 11.9 Å². The minimum Gasteiger partial charge on any atom is -0.320 e. The molecule has 0 spiro atoms. The number of anilines is 1. The summed E-state index contributed by atoms with van der Waals surface area (Å²) in [7, 11) is 0. The van der Waals surface area contributed by atoms with Crippen LogP contribution in [0.2, 0.25) is 0 Å². The Hall–Kier alpha value is -3.73. The Bertz CT molecular complexity index is 1050. The van der Waals surface area contributed by atoms with Gasteiger partial charge in [0.2, 0.25) is 0 Å². The lowest BCUT2D eigenvalue weighted by molar-refractivity contribution is 0.206. The number of halogens is 1. The number of hydrogen-bond acceptors (Lipinski definition) is 4. The van der Waals surface area contributed by atoms with E-state index in [4.69, 9.17) is 5.26 Å². The van der Waals surface area contributed by atoms with Crippen LogP contribution in [-0.2, 0) is 13.0 Å². The number of urea groups is 1. The minimum absolute atomic E-state index is 0.258. The van der Waals surface area contributed by atoms with E-state index in [0.29, 0.717) is 36.6 Å². The first-order valence-corrected chi connectivity index (χ1v) is 8.37. The molecule has 3 aromatic rings. The van der Waals surface area contributed by atoms with Gasteiger partial charge in [-0.1, -0.05) is 6.07 Å². The SMILES string of the molecule is N#Cc1cccnc1-n1cc(NC(=O)N2CCc3cc(F)ccc3C2)cn1. The van der Waals surface area contributed by atoms with Crippen LogP contribution in [0.3, 0.4) is 0 Å². The second kappa shape index (κ2) is 6.88. The molecule has 0 saturated heterocycles. The van der Waals surface area contributed by atoms with E-state index in [1.807, 2.05) is 0 Å². The first-order valence-electron chi connectivity index (χ1n) is 8.37. The molecule has 1 aliphatic rings. The van der Waals surface area contributed by atoms with Gasteiger partial charge in [0, 0.05) is 19.3 Å². The van der Waals surface area contributed by atoms with Crippen molar-refractivity contribution in [1.29, 1.82) is 5.26 Å². The summed E-state index contributed by atoms with van der Waals surface area (Å²) >= 11 is 0. The second-order valence-corrected chi connectivity index (χ2v) is 6.17. The standard InChI is InChI=1S/C19H15FN6O/c20-16-4-3-15-11-25(7-5-13(15)8-16)19(27)24-17-10-23-26(12-17)18-14(9-21)2-1-6-22-18/h1-4,6,8,10,12H,5,7,11H2,(H,24,27). The number of benzene rings is 1. The van der Waals surface area contributed by atoms with Crippen LogP contribution in [0, 0.1) is 17.1 Å². The highest BCUT2D eigenvalue weighted by atomic mass is 19.1. The van der Waals surface area contributed by atoms with Gasteiger partial charge in [0.25, 0.3) is 0 Å². The molecule has 0 aliphatic carbocycles. The fourth-order valence-corrected chi connectivity index (χ4v) is 3.07. The number of nitrogens with zero attached hydrogens (tertiary/aromatic N) is 5. The Morgan fingerprint density at radius 1 is 1.30 bits per heavy atom. The molecular formula is C19H15FN6O. The Balaban J connectivity index is 1.47. The molecule has 8 heteroatoms. The van der Waals surface area contributed by atoms with Gasteiger partial charge in [-0.2, -0.15) is 10.4 Å². The lowest BCUT2D eigenvalue weighted by atomic mass is 10.00. The number of carbonyl (C=O) groups is 1. The van der Waals surface area contributed by atoms with Gasteiger partial charge >= 0.3 is 6.03 Å². The molecule has 1 N–H and O–H groups in total. The van der Waals surface area contributed by atoms with Crippen LogP contribution in [0.4, 0.5) is 14.9 Å². The highest BCUT2D eigenvalue weighted by Crippen LogP contribution is 2.21. The van der Waals surface area contributed by atoms with E-state index in [0.717, 1.165) is 11.1 Å². The van der Waals surface area contributed by atoms with Crippen LogP contribution in [-0.4, -0.2) is 32.2 Å². The Morgan fingerprint density at radius 3 is 3.04 bits per heavy atom. The summed E-state index contributed by atoms with van der Waals surface area (Å²) in [4.78, 5) is 18.4. The molecule has 2 amide bonds. The molecule has 2 aromatic heterocycles. The second-order valence-electron chi connectivity index (χ2n) is 6.17. The van der Waals surface area contributed by atoms with Gasteiger partial charge in [0.15, 0.2) is 5.82 Å². The van der Waals surface area contributed by atoms with Gasteiger partial charge in [-0.3, -0.25) is 0 Å². The molecule has 3 heterocycles. The Morgan fingerprint density at radius 2 is 2.19 bits per heavy atom. The molecule has 0 radical (unpaired) electrons. The lowest BCUT2D eigenvalue weighted by Gasteiger charge is -2.28. The summed E-state index contributed by atoms with van der Waals surface area (Å²) in [6, 6.07) is 9.77. The molecule has 1 aromatic carbocycles. The van der Waals surface area contributed by atoms with Crippen molar-refractivity contribution in [2.45, 2.75) is 13.0 Å². The van der Waals surface area contributed by atoms with Gasteiger partial charge in [0.1, 0.15) is 11.9 Å². The van der Waals surface area contributed by atoms with E-state index in [-0.39, 0.29) is 11.8 Å². The van der Waals surface area contributed by atoms with Crippen LogP contribution in [0.25, 0.3) is 5.82 Å². The quantitative estimate of drug-likeness (QED) is 0.759. The van der Waals surface area contributed by atoms with Gasteiger partial charge < -0.3 is 10.2 Å². The third-order valence-electron chi connectivity index (χ3n) is 4.43. The maximum absolute atomic E-state index is 13.3. The number of nitrogens with one attached hydrogen (secondary N) is 1. The monoisotopic (exact) mass is 362 g/mol. The molecule has 27 heavy (non-hydrogen) atoms. The molecule has 4 rings (SSSR count). The number of aromatic nitrogens is 3. The molecule has 7 nitrogen and oxygen atoms in total. The summed E-state index contributed by atoms with van der Waals surface area (Å²) in [6.45, 7) is 0.934. The zero-order chi connectivity index (χ0) is 18.8. The van der Waals surface area contributed by atoms with Gasteiger partial charge in [-0.25, -0.2) is 18.9 Å². The minimum atomic E-state index is -0.259.